The van der Waals surface area contributed by atoms with E-state index in [0.29, 0.717) is 16.8 Å². The van der Waals surface area contributed by atoms with Gasteiger partial charge in [0.1, 0.15) is 6.10 Å². The number of halogens is 1. The maximum absolute atomic E-state index is 12.9. The SMILES string of the molecule is CC1=C(C(=O)OC2CCCCC2)C(c2cc([N+](=O)[O-])ccc2Cl)CC(=O)N1. The molecule has 0 aromatic heterocycles. The number of nitrogens with zero attached hydrogens (tertiary/aromatic N) is 1. The van der Waals surface area contributed by atoms with Gasteiger partial charge in [0.05, 0.1) is 10.5 Å². The van der Waals surface area contributed by atoms with Crippen molar-refractivity contribution in [3.63, 3.8) is 0 Å². The topological polar surface area (TPSA) is 98.5 Å². The first-order valence-corrected chi connectivity index (χ1v) is 9.40. The Bertz CT molecular complexity index is 814. The zero-order chi connectivity index (χ0) is 19.6. The van der Waals surface area contributed by atoms with Gasteiger partial charge in [0, 0.05) is 35.2 Å². The maximum Gasteiger partial charge on any atom is 0.336 e. The molecule has 1 aliphatic carbocycles. The molecule has 0 spiro atoms. The Balaban J connectivity index is 1.95. The average Bonchev–Trinajstić information content (AvgIpc) is 2.62. The molecule has 1 aromatic carbocycles. The standard InChI is InChI=1S/C19H21ClN2O5/c1-11-18(19(24)27-13-5-3-2-4-6-13)15(10-17(23)21-11)14-9-12(22(25)26)7-8-16(14)20/h7-9,13,15H,2-6,10H2,1H3,(H,21,23). The molecule has 1 heterocycles. The van der Waals surface area contributed by atoms with Gasteiger partial charge in [0.15, 0.2) is 0 Å². The molecule has 7 nitrogen and oxygen atoms in total. The number of nitro benzene ring substituents is 1. The van der Waals surface area contributed by atoms with Gasteiger partial charge in [0.25, 0.3) is 5.69 Å². The molecule has 0 radical (unpaired) electrons. The quantitative estimate of drug-likeness (QED) is 0.474. The summed E-state index contributed by atoms with van der Waals surface area (Å²) in [6.45, 7) is 1.63. The number of ether oxygens (including phenoxy) is 1. The highest BCUT2D eigenvalue weighted by Gasteiger charge is 2.35. The zero-order valence-electron chi connectivity index (χ0n) is 15.0. The summed E-state index contributed by atoms with van der Waals surface area (Å²) < 4.78 is 5.68. The summed E-state index contributed by atoms with van der Waals surface area (Å²) in [4.78, 5) is 35.6. The Labute approximate surface area is 161 Å². The smallest absolute Gasteiger partial charge is 0.336 e. The van der Waals surface area contributed by atoms with Gasteiger partial charge in [-0.2, -0.15) is 0 Å². The highest BCUT2D eigenvalue weighted by Crippen LogP contribution is 2.39. The molecule has 1 fully saturated rings. The van der Waals surface area contributed by atoms with Crippen molar-refractivity contribution in [2.75, 3.05) is 0 Å². The lowest BCUT2D eigenvalue weighted by atomic mass is 9.84. The van der Waals surface area contributed by atoms with Crippen LogP contribution in [0.4, 0.5) is 5.69 Å². The first kappa shape index (κ1) is 19.4. The third kappa shape index (κ3) is 4.30. The van der Waals surface area contributed by atoms with Crippen molar-refractivity contribution in [2.24, 2.45) is 0 Å². The Morgan fingerprint density at radius 2 is 2.00 bits per heavy atom. The number of amides is 1. The average molecular weight is 393 g/mol. The van der Waals surface area contributed by atoms with Crippen LogP contribution in [0.2, 0.25) is 5.02 Å². The minimum absolute atomic E-state index is 0.0205. The van der Waals surface area contributed by atoms with Gasteiger partial charge in [-0.05, 0) is 44.2 Å². The summed E-state index contributed by atoms with van der Waals surface area (Å²) in [7, 11) is 0. The Hall–Kier alpha value is -2.41. The Morgan fingerprint density at radius 3 is 2.67 bits per heavy atom. The van der Waals surface area contributed by atoms with Crippen LogP contribution >= 0.6 is 11.6 Å². The fourth-order valence-electron chi connectivity index (χ4n) is 3.75. The fourth-order valence-corrected chi connectivity index (χ4v) is 4.00. The molecule has 2 aliphatic rings. The molecule has 1 unspecified atom stereocenters. The van der Waals surface area contributed by atoms with Crippen molar-refractivity contribution in [1.29, 1.82) is 0 Å². The minimum atomic E-state index is -0.678. The molecule has 3 rings (SSSR count). The molecule has 27 heavy (non-hydrogen) atoms. The fraction of sp³-hybridized carbons (Fsp3) is 0.474. The van der Waals surface area contributed by atoms with Crippen molar-refractivity contribution in [2.45, 2.75) is 57.5 Å². The second-order valence-electron chi connectivity index (χ2n) is 6.97. The van der Waals surface area contributed by atoms with Crippen molar-refractivity contribution in [1.82, 2.24) is 5.32 Å². The van der Waals surface area contributed by atoms with Crippen LogP contribution < -0.4 is 5.32 Å². The van der Waals surface area contributed by atoms with E-state index >= 15 is 0 Å². The number of carbonyl (C=O) groups excluding carboxylic acids is 2. The lowest BCUT2D eigenvalue weighted by Gasteiger charge is -2.29. The molecule has 8 heteroatoms. The molecule has 1 N–H and O–H groups in total. The molecule has 1 aliphatic heterocycles. The van der Waals surface area contributed by atoms with Crippen LogP contribution in [0.5, 0.6) is 0 Å². The second kappa shape index (κ2) is 8.08. The van der Waals surface area contributed by atoms with E-state index in [1.54, 1.807) is 6.92 Å². The summed E-state index contributed by atoms with van der Waals surface area (Å²) in [6.07, 6.45) is 4.68. The third-order valence-electron chi connectivity index (χ3n) is 5.08. The molecule has 0 bridgehead atoms. The number of benzene rings is 1. The van der Waals surface area contributed by atoms with Crippen LogP contribution in [0.1, 0.15) is 56.9 Å². The van der Waals surface area contributed by atoms with Crippen LogP contribution in [0.15, 0.2) is 29.5 Å². The van der Waals surface area contributed by atoms with E-state index in [2.05, 4.69) is 5.32 Å². The van der Waals surface area contributed by atoms with E-state index < -0.39 is 16.8 Å². The first-order valence-electron chi connectivity index (χ1n) is 9.02. The molecular formula is C19H21ClN2O5. The normalized spacial score (nSPS) is 21.0. The summed E-state index contributed by atoms with van der Waals surface area (Å²) >= 11 is 6.26. The van der Waals surface area contributed by atoms with Gasteiger partial charge in [-0.25, -0.2) is 4.79 Å². The molecule has 1 saturated carbocycles. The summed E-state index contributed by atoms with van der Waals surface area (Å²) in [5.74, 6) is -1.44. The van der Waals surface area contributed by atoms with Crippen molar-refractivity contribution >= 4 is 29.2 Å². The van der Waals surface area contributed by atoms with Gasteiger partial charge in [0.2, 0.25) is 5.91 Å². The number of hydrogen-bond donors (Lipinski definition) is 1. The van der Waals surface area contributed by atoms with Gasteiger partial charge in [-0.3, -0.25) is 14.9 Å². The second-order valence-corrected chi connectivity index (χ2v) is 7.38. The van der Waals surface area contributed by atoms with Crippen LogP contribution in [0.25, 0.3) is 0 Å². The number of hydrogen-bond acceptors (Lipinski definition) is 5. The van der Waals surface area contributed by atoms with Crippen molar-refractivity contribution in [3.05, 3.63) is 50.2 Å². The third-order valence-corrected chi connectivity index (χ3v) is 5.42. The Kier molecular flexibility index (Phi) is 5.79. The van der Waals surface area contributed by atoms with E-state index in [1.165, 1.54) is 18.2 Å². The van der Waals surface area contributed by atoms with Crippen LogP contribution in [-0.2, 0) is 14.3 Å². The highest BCUT2D eigenvalue weighted by atomic mass is 35.5. The number of non-ortho nitro benzene ring substituents is 1. The predicted molar refractivity (Wildman–Crippen MR) is 99.3 cm³/mol. The van der Waals surface area contributed by atoms with E-state index in [-0.39, 0.29) is 29.1 Å². The first-order chi connectivity index (χ1) is 12.9. The van der Waals surface area contributed by atoms with Gasteiger partial charge < -0.3 is 10.1 Å². The van der Waals surface area contributed by atoms with Crippen LogP contribution in [0, 0.1) is 10.1 Å². The van der Waals surface area contributed by atoms with Gasteiger partial charge in [-0.1, -0.05) is 18.0 Å². The minimum Gasteiger partial charge on any atom is -0.459 e. The van der Waals surface area contributed by atoms with Crippen molar-refractivity contribution in [3.8, 4) is 0 Å². The maximum atomic E-state index is 12.9. The molecule has 0 saturated heterocycles. The molecule has 1 aromatic rings. The highest BCUT2D eigenvalue weighted by molar-refractivity contribution is 6.31. The van der Waals surface area contributed by atoms with Crippen molar-refractivity contribution < 1.29 is 19.2 Å². The van der Waals surface area contributed by atoms with Gasteiger partial charge in [-0.15, -0.1) is 0 Å². The van der Waals surface area contributed by atoms with E-state index in [4.69, 9.17) is 16.3 Å². The monoisotopic (exact) mass is 392 g/mol. The predicted octanol–water partition coefficient (Wildman–Crippen LogP) is 4.00. The largest absolute Gasteiger partial charge is 0.459 e. The van der Waals surface area contributed by atoms with E-state index in [0.717, 1.165) is 32.1 Å². The molecule has 144 valence electrons. The number of nitrogens with one attached hydrogen (secondary N) is 1. The molecule has 1 atom stereocenters. The molecule has 1 amide bonds. The van der Waals surface area contributed by atoms with Crippen LogP contribution in [0.3, 0.4) is 0 Å². The van der Waals surface area contributed by atoms with Crippen LogP contribution in [-0.4, -0.2) is 22.9 Å². The lowest BCUT2D eigenvalue weighted by Crippen LogP contribution is -2.35. The van der Waals surface area contributed by atoms with Gasteiger partial charge >= 0.3 is 5.97 Å². The zero-order valence-corrected chi connectivity index (χ0v) is 15.8. The van der Waals surface area contributed by atoms with E-state index in [1.807, 2.05) is 0 Å². The van der Waals surface area contributed by atoms with E-state index in [9.17, 15) is 19.7 Å². The summed E-state index contributed by atoms with van der Waals surface area (Å²) in [5.41, 5.74) is 0.955. The number of allylic oxidation sites excluding steroid dienone is 1. The summed E-state index contributed by atoms with van der Waals surface area (Å²) in [5, 5.41) is 14.1. The number of esters is 1. The summed E-state index contributed by atoms with van der Waals surface area (Å²) in [6, 6.07) is 4.04. The lowest BCUT2D eigenvalue weighted by molar-refractivity contribution is -0.384. The Morgan fingerprint density at radius 1 is 1.30 bits per heavy atom. The number of nitro groups is 1. The number of rotatable bonds is 4. The molecular weight excluding hydrogens is 372 g/mol. The number of carbonyl (C=O) groups is 2.